The van der Waals surface area contributed by atoms with Crippen molar-refractivity contribution in [2.75, 3.05) is 13.1 Å². The van der Waals surface area contributed by atoms with Gasteiger partial charge in [-0.1, -0.05) is 45.0 Å². The first-order valence-corrected chi connectivity index (χ1v) is 13.3. The Morgan fingerprint density at radius 3 is 2.41 bits per heavy atom. The summed E-state index contributed by atoms with van der Waals surface area (Å²) in [5.41, 5.74) is 17.7. The summed E-state index contributed by atoms with van der Waals surface area (Å²) in [5.74, 6) is -2.09. The number of guanidine groups is 1. The largest absolute Gasteiger partial charge is 0.370 e. The van der Waals surface area contributed by atoms with Gasteiger partial charge in [0.2, 0.25) is 17.7 Å². The third-order valence-electron chi connectivity index (χ3n) is 6.27. The molecule has 0 bridgehead atoms. The number of fused-ring (bicyclic) bond motifs is 1. The fourth-order valence-corrected chi connectivity index (χ4v) is 4.33. The Balaban J connectivity index is 2.15. The van der Waals surface area contributed by atoms with Crippen molar-refractivity contribution in [2.24, 2.45) is 34.0 Å². The number of aliphatic imine (C=N–C) groups is 1. The zero-order valence-corrected chi connectivity index (χ0v) is 23.1. The van der Waals surface area contributed by atoms with Crippen molar-refractivity contribution in [2.45, 2.75) is 65.5 Å². The highest BCUT2D eigenvalue weighted by Gasteiger charge is 2.28. The molecule has 0 saturated carbocycles. The molecule has 0 spiro atoms. The lowest BCUT2D eigenvalue weighted by Crippen LogP contribution is -2.47. The zero-order valence-electron chi connectivity index (χ0n) is 23.1. The first kappa shape index (κ1) is 31.2. The van der Waals surface area contributed by atoms with E-state index in [0.29, 0.717) is 18.5 Å². The Morgan fingerprint density at radius 2 is 1.77 bits per heavy atom. The number of nitrogens with one attached hydrogen (secondary N) is 1. The molecule has 2 rings (SSSR count). The SMILES string of the molecule is CCC(=O)N(CC(=O)N[C@@H](CCCN=C(N)N)C(=O)C[C@@H](CC(C)C)C(N)=O)Cc1ccc2ccccc2n1. The minimum absolute atomic E-state index is 0.0661. The van der Waals surface area contributed by atoms with Crippen LogP contribution in [0.25, 0.3) is 10.9 Å². The minimum Gasteiger partial charge on any atom is -0.370 e. The Bertz CT molecular complexity index is 1180. The smallest absolute Gasteiger partial charge is 0.240 e. The number of para-hydroxylation sites is 1. The van der Waals surface area contributed by atoms with Gasteiger partial charge in [0.25, 0.3) is 0 Å². The molecule has 0 saturated heterocycles. The number of benzene rings is 1. The average Bonchev–Trinajstić information content (AvgIpc) is 2.88. The number of rotatable bonds is 16. The van der Waals surface area contributed by atoms with Crippen molar-refractivity contribution in [1.82, 2.24) is 15.2 Å². The van der Waals surface area contributed by atoms with E-state index < -0.39 is 23.8 Å². The molecule has 212 valence electrons. The molecule has 0 aliphatic carbocycles. The van der Waals surface area contributed by atoms with Crippen LogP contribution in [0.5, 0.6) is 0 Å². The third kappa shape index (κ3) is 10.7. The van der Waals surface area contributed by atoms with E-state index in [1.807, 2.05) is 50.2 Å². The molecule has 0 fully saturated rings. The van der Waals surface area contributed by atoms with Crippen molar-refractivity contribution < 1.29 is 19.2 Å². The van der Waals surface area contributed by atoms with Gasteiger partial charge < -0.3 is 27.4 Å². The van der Waals surface area contributed by atoms with Crippen molar-refractivity contribution in [1.29, 1.82) is 0 Å². The van der Waals surface area contributed by atoms with E-state index in [4.69, 9.17) is 17.2 Å². The van der Waals surface area contributed by atoms with E-state index in [1.54, 1.807) is 6.92 Å². The third-order valence-corrected chi connectivity index (χ3v) is 6.27. The van der Waals surface area contributed by atoms with Crippen LogP contribution in [0.4, 0.5) is 0 Å². The summed E-state index contributed by atoms with van der Waals surface area (Å²) >= 11 is 0. The van der Waals surface area contributed by atoms with Gasteiger partial charge in [0.05, 0.1) is 30.3 Å². The number of primary amides is 1. The van der Waals surface area contributed by atoms with E-state index in [2.05, 4.69) is 15.3 Å². The predicted molar refractivity (Wildman–Crippen MR) is 151 cm³/mol. The van der Waals surface area contributed by atoms with Gasteiger partial charge in [0.15, 0.2) is 11.7 Å². The van der Waals surface area contributed by atoms with Crippen LogP contribution in [-0.2, 0) is 25.7 Å². The van der Waals surface area contributed by atoms with E-state index in [0.717, 1.165) is 10.9 Å². The van der Waals surface area contributed by atoms with Gasteiger partial charge in [-0.15, -0.1) is 0 Å². The Labute approximate surface area is 229 Å². The fourth-order valence-electron chi connectivity index (χ4n) is 4.33. The summed E-state index contributed by atoms with van der Waals surface area (Å²) in [6.45, 7) is 5.78. The van der Waals surface area contributed by atoms with Gasteiger partial charge in [-0.2, -0.15) is 0 Å². The maximum absolute atomic E-state index is 13.2. The number of nitrogens with two attached hydrogens (primary N) is 3. The van der Waals surface area contributed by atoms with Crippen LogP contribution >= 0.6 is 0 Å². The van der Waals surface area contributed by atoms with Crippen LogP contribution in [0.2, 0.25) is 0 Å². The minimum atomic E-state index is -0.877. The van der Waals surface area contributed by atoms with Gasteiger partial charge >= 0.3 is 0 Å². The fraction of sp³-hybridized carbons (Fsp3) is 0.500. The highest BCUT2D eigenvalue weighted by atomic mass is 16.2. The topological polar surface area (TPSA) is 187 Å². The summed E-state index contributed by atoms with van der Waals surface area (Å²) in [6, 6.07) is 10.5. The molecule has 1 aromatic heterocycles. The molecule has 1 heterocycles. The van der Waals surface area contributed by atoms with E-state index >= 15 is 0 Å². The second-order valence-electron chi connectivity index (χ2n) is 10.1. The normalized spacial score (nSPS) is 12.5. The van der Waals surface area contributed by atoms with E-state index in [1.165, 1.54) is 4.90 Å². The monoisotopic (exact) mass is 539 g/mol. The van der Waals surface area contributed by atoms with Crippen molar-refractivity contribution >= 4 is 40.4 Å². The highest BCUT2D eigenvalue weighted by Crippen LogP contribution is 2.18. The zero-order chi connectivity index (χ0) is 28.9. The van der Waals surface area contributed by atoms with Gasteiger partial charge in [-0.25, -0.2) is 0 Å². The van der Waals surface area contributed by atoms with Crippen molar-refractivity contribution in [3.05, 3.63) is 42.1 Å². The number of hydrogen-bond acceptors (Lipinski definition) is 6. The van der Waals surface area contributed by atoms with E-state index in [9.17, 15) is 19.2 Å². The molecule has 0 unspecified atom stereocenters. The van der Waals surface area contributed by atoms with Crippen LogP contribution in [0.3, 0.4) is 0 Å². The molecule has 7 N–H and O–H groups in total. The molecule has 0 aliphatic rings. The molecule has 11 nitrogen and oxygen atoms in total. The van der Waals surface area contributed by atoms with Gasteiger partial charge in [-0.05, 0) is 37.3 Å². The molecule has 3 amide bonds. The van der Waals surface area contributed by atoms with Crippen LogP contribution in [0, 0.1) is 11.8 Å². The standard InChI is InChI=1S/C28H41N7O4/c1-4-26(38)35(16-21-12-11-19-8-5-6-9-22(19)33-21)17-25(37)34-23(10-7-13-32-28(30)31)24(36)15-20(27(29)39)14-18(2)3/h5-6,8-9,11-12,18,20,23H,4,7,10,13-17H2,1-3H3,(H2,29,39)(H,34,37)(H4,30,31,32)/t20-,23+/m1/s1. The number of pyridine rings is 1. The van der Waals surface area contributed by atoms with Crippen LogP contribution in [-0.4, -0.2) is 58.5 Å². The molecule has 0 aliphatic heterocycles. The molecular formula is C28H41N7O4. The van der Waals surface area contributed by atoms with Gasteiger partial charge in [0, 0.05) is 30.7 Å². The van der Waals surface area contributed by atoms with Crippen LogP contribution in [0.1, 0.15) is 58.6 Å². The Morgan fingerprint density at radius 1 is 1.05 bits per heavy atom. The number of ketones is 1. The number of hydrogen-bond donors (Lipinski definition) is 4. The highest BCUT2D eigenvalue weighted by molar-refractivity contribution is 5.93. The number of carbonyl (C=O) groups is 4. The molecule has 2 atom stereocenters. The van der Waals surface area contributed by atoms with E-state index in [-0.39, 0.29) is 62.5 Å². The molecule has 11 heteroatoms. The summed E-state index contributed by atoms with van der Waals surface area (Å²) in [6.07, 6.45) is 1.28. The number of carbonyl (C=O) groups excluding carboxylic acids is 4. The number of aromatic nitrogens is 1. The average molecular weight is 540 g/mol. The quantitative estimate of drug-likeness (QED) is 0.142. The summed E-state index contributed by atoms with van der Waals surface area (Å²) < 4.78 is 0. The van der Waals surface area contributed by atoms with Crippen LogP contribution < -0.4 is 22.5 Å². The van der Waals surface area contributed by atoms with Crippen molar-refractivity contribution in [3.63, 3.8) is 0 Å². The number of nitrogens with zero attached hydrogens (tertiary/aromatic N) is 3. The summed E-state index contributed by atoms with van der Waals surface area (Å²) in [5, 5.41) is 3.73. The van der Waals surface area contributed by atoms with Gasteiger partial charge in [-0.3, -0.25) is 29.2 Å². The summed E-state index contributed by atoms with van der Waals surface area (Å²) in [4.78, 5) is 60.9. The van der Waals surface area contributed by atoms with Gasteiger partial charge in [0.1, 0.15) is 0 Å². The summed E-state index contributed by atoms with van der Waals surface area (Å²) in [7, 11) is 0. The molecule has 2 aromatic rings. The lowest BCUT2D eigenvalue weighted by atomic mass is 9.89. The maximum Gasteiger partial charge on any atom is 0.240 e. The lowest BCUT2D eigenvalue weighted by Gasteiger charge is -2.24. The number of amides is 3. The molecular weight excluding hydrogens is 498 g/mol. The number of Topliss-reactive ketones (excluding diaryl/α,β-unsaturated/α-hetero) is 1. The second-order valence-corrected chi connectivity index (χ2v) is 10.1. The first-order valence-electron chi connectivity index (χ1n) is 13.3. The second kappa shape index (κ2) is 15.4. The lowest BCUT2D eigenvalue weighted by molar-refractivity contribution is -0.137. The van der Waals surface area contributed by atoms with Crippen LogP contribution in [0.15, 0.2) is 41.4 Å². The molecule has 0 radical (unpaired) electrons. The Kier molecular flexibility index (Phi) is 12.3. The van der Waals surface area contributed by atoms with Crippen molar-refractivity contribution in [3.8, 4) is 0 Å². The first-order chi connectivity index (χ1) is 18.5. The molecule has 39 heavy (non-hydrogen) atoms. The predicted octanol–water partition coefficient (Wildman–Crippen LogP) is 1.62. The molecule has 1 aromatic carbocycles. The maximum atomic E-state index is 13.2. The Hall–Kier alpha value is -4.02.